The molecule has 2 aromatic carbocycles. The first-order chi connectivity index (χ1) is 15.5. The van der Waals surface area contributed by atoms with Gasteiger partial charge in [0.15, 0.2) is 11.5 Å². The second kappa shape index (κ2) is 8.54. The van der Waals surface area contributed by atoms with Crippen molar-refractivity contribution in [2.24, 2.45) is 28.8 Å². The van der Waals surface area contributed by atoms with E-state index in [0.29, 0.717) is 24.7 Å². The molecule has 2 aromatic rings. The number of hydrogen-bond donors (Lipinski definition) is 0. The zero-order chi connectivity index (χ0) is 22.2. The van der Waals surface area contributed by atoms with E-state index < -0.39 is 0 Å². The van der Waals surface area contributed by atoms with E-state index in [4.69, 9.17) is 9.47 Å². The Bertz CT molecular complexity index is 1080. The van der Waals surface area contributed by atoms with E-state index in [1.807, 2.05) is 43.3 Å². The molecule has 0 aromatic heterocycles. The monoisotopic (exact) mass is 494 g/mol. The van der Waals surface area contributed by atoms with Gasteiger partial charge in [0, 0.05) is 4.47 Å². The molecule has 1 heterocycles. The number of fused-ring (bicyclic) bond motifs is 5. The summed E-state index contributed by atoms with van der Waals surface area (Å²) >= 11 is 3.43. The van der Waals surface area contributed by atoms with Crippen molar-refractivity contribution in [1.82, 2.24) is 5.01 Å². The number of halogens is 1. The molecule has 1 saturated heterocycles. The fraction of sp³-hybridized carbons (Fsp3) is 0.320. The van der Waals surface area contributed by atoms with Gasteiger partial charge in [0.25, 0.3) is 11.8 Å². The number of carbonyl (C=O) groups is 2. The number of rotatable bonds is 7. The zero-order valence-corrected chi connectivity index (χ0v) is 19.2. The number of allylic oxidation sites excluding steroid dienone is 2. The maximum absolute atomic E-state index is 12.8. The van der Waals surface area contributed by atoms with Gasteiger partial charge in [-0.1, -0.05) is 40.2 Å². The summed E-state index contributed by atoms with van der Waals surface area (Å²) in [6, 6.07) is 13.4. The first-order valence-electron chi connectivity index (χ1n) is 10.8. The molecule has 32 heavy (non-hydrogen) atoms. The predicted octanol–water partition coefficient (Wildman–Crippen LogP) is 4.57. The Hall–Kier alpha value is -2.93. The molecule has 2 bridgehead atoms. The van der Waals surface area contributed by atoms with E-state index in [2.05, 4.69) is 33.2 Å². The van der Waals surface area contributed by atoms with Crippen LogP contribution in [0.3, 0.4) is 0 Å². The lowest BCUT2D eigenvalue weighted by Gasteiger charge is -2.13. The van der Waals surface area contributed by atoms with Crippen molar-refractivity contribution in [3.8, 4) is 11.5 Å². The Morgan fingerprint density at radius 1 is 1.00 bits per heavy atom. The molecule has 2 fully saturated rings. The van der Waals surface area contributed by atoms with Gasteiger partial charge in [0.2, 0.25) is 0 Å². The number of amides is 2. The van der Waals surface area contributed by atoms with Crippen LogP contribution in [0.4, 0.5) is 0 Å². The third kappa shape index (κ3) is 3.75. The molecule has 1 aliphatic heterocycles. The highest BCUT2D eigenvalue weighted by Gasteiger charge is 2.59. The Morgan fingerprint density at radius 3 is 2.34 bits per heavy atom. The summed E-state index contributed by atoms with van der Waals surface area (Å²) in [5.74, 6) is 0.692. The molecular formula is C25H23BrN2O4. The van der Waals surface area contributed by atoms with E-state index in [9.17, 15) is 9.59 Å². The lowest BCUT2D eigenvalue weighted by atomic mass is 9.85. The summed E-state index contributed by atoms with van der Waals surface area (Å²) in [5.41, 5.74) is 1.77. The molecule has 6 nitrogen and oxygen atoms in total. The van der Waals surface area contributed by atoms with Crippen molar-refractivity contribution in [3.05, 3.63) is 70.2 Å². The van der Waals surface area contributed by atoms with Gasteiger partial charge in [-0.3, -0.25) is 9.59 Å². The molecule has 7 heteroatoms. The summed E-state index contributed by atoms with van der Waals surface area (Å²) < 4.78 is 12.7. The summed E-state index contributed by atoms with van der Waals surface area (Å²) in [5, 5.41) is 5.30. The van der Waals surface area contributed by atoms with Crippen LogP contribution in [0.1, 0.15) is 24.5 Å². The molecule has 5 rings (SSSR count). The highest BCUT2D eigenvalue weighted by atomic mass is 79.9. The van der Waals surface area contributed by atoms with Crippen molar-refractivity contribution in [3.63, 3.8) is 0 Å². The molecule has 0 spiro atoms. The first-order valence-corrected chi connectivity index (χ1v) is 11.6. The van der Waals surface area contributed by atoms with Crippen molar-refractivity contribution < 1.29 is 19.1 Å². The first kappa shape index (κ1) is 20.9. The number of nitrogens with zero attached hydrogens (tertiary/aromatic N) is 2. The summed E-state index contributed by atoms with van der Waals surface area (Å²) in [4.78, 5) is 25.6. The molecule has 2 aliphatic carbocycles. The van der Waals surface area contributed by atoms with Gasteiger partial charge in [0.1, 0.15) is 6.61 Å². The molecular weight excluding hydrogens is 472 g/mol. The number of imide groups is 1. The van der Waals surface area contributed by atoms with Crippen LogP contribution in [0.5, 0.6) is 11.5 Å². The third-order valence-corrected chi connectivity index (χ3v) is 6.87. The quantitative estimate of drug-likeness (QED) is 0.321. The lowest BCUT2D eigenvalue weighted by Crippen LogP contribution is -2.28. The average molecular weight is 495 g/mol. The highest BCUT2D eigenvalue weighted by Crippen LogP contribution is 2.52. The number of carbonyl (C=O) groups excluding carboxylic acids is 2. The predicted molar refractivity (Wildman–Crippen MR) is 123 cm³/mol. The van der Waals surface area contributed by atoms with Crippen molar-refractivity contribution in [2.75, 3.05) is 6.61 Å². The van der Waals surface area contributed by atoms with Gasteiger partial charge in [0.05, 0.1) is 24.7 Å². The van der Waals surface area contributed by atoms with Crippen molar-refractivity contribution in [2.45, 2.75) is 20.0 Å². The minimum atomic E-state index is -0.247. The van der Waals surface area contributed by atoms with E-state index in [1.54, 1.807) is 6.07 Å². The fourth-order valence-corrected chi connectivity index (χ4v) is 5.12. The van der Waals surface area contributed by atoms with Gasteiger partial charge >= 0.3 is 0 Å². The minimum Gasteiger partial charge on any atom is -0.490 e. The lowest BCUT2D eigenvalue weighted by molar-refractivity contribution is -0.140. The van der Waals surface area contributed by atoms with Crippen LogP contribution < -0.4 is 9.47 Å². The fourth-order valence-electron chi connectivity index (χ4n) is 4.86. The second-order valence-corrected chi connectivity index (χ2v) is 9.20. The SMILES string of the molecule is CCOc1cc(/C=N/N2C(=O)C3C4C=CC(C4)C3C2=O)ccc1OCc1ccc(Br)cc1. The standard InChI is InChI=1S/C25H23BrN2O4/c1-2-31-21-11-16(5-10-20(21)32-14-15-3-8-19(26)9-4-15)13-27-28-24(29)22-17-6-7-18(12-17)23(22)25(28)30/h3-11,13,17-18,22-23H,2,12,14H2,1H3/b27-13+. The number of ether oxygens (including phenoxy) is 2. The van der Waals surface area contributed by atoms with Gasteiger partial charge in [-0.15, -0.1) is 0 Å². The smallest absolute Gasteiger partial charge is 0.254 e. The molecule has 2 amide bonds. The van der Waals surface area contributed by atoms with E-state index in [-0.39, 0.29) is 35.5 Å². The van der Waals surface area contributed by atoms with Gasteiger partial charge in [-0.2, -0.15) is 10.1 Å². The molecule has 0 radical (unpaired) electrons. The van der Waals surface area contributed by atoms with Crippen LogP contribution in [-0.4, -0.2) is 29.6 Å². The Balaban J connectivity index is 1.30. The summed E-state index contributed by atoms with van der Waals surface area (Å²) in [7, 11) is 0. The van der Waals surface area contributed by atoms with E-state index in [0.717, 1.165) is 27.0 Å². The molecule has 4 unspecified atom stereocenters. The maximum atomic E-state index is 12.8. The molecule has 164 valence electrons. The number of benzene rings is 2. The van der Waals surface area contributed by atoms with Gasteiger partial charge < -0.3 is 9.47 Å². The Morgan fingerprint density at radius 2 is 1.69 bits per heavy atom. The van der Waals surface area contributed by atoms with Crippen molar-refractivity contribution >= 4 is 34.0 Å². The third-order valence-electron chi connectivity index (χ3n) is 6.34. The van der Waals surface area contributed by atoms with Crippen LogP contribution in [0.25, 0.3) is 0 Å². The van der Waals surface area contributed by atoms with Crippen LogP contribution in [0, 0.1) is 23.7 Å². The largest absolute Gasteiger partial charge is 0.490 e. The normalized spacial score (nSPS) is 25.8. The van der Waals surface area contributed by atoms with Crippen LogP contribution in [-0.2, 0) is 16.2 Å². The number of hydrazone groups is 1. The Kier molecular flexibility index (Phi) is 5.59. The van der Waals surface area contributed by atoms with Gasteiger partial charge in [-0.25, -0.2) is 0 Å². The minimum absolute atomic E-state index is 0.174. The van der Waals surface area contributed by atoms with E-state index >= 15 is 0 Å². The number of hydrogen-bond acceptors (Lipinski definition) is 5. The summed E-state index contributed by atoms with van der Waals surface area (Å²) in [6.45, 7) is 2.80. The maximum Gasteiger partial charge on any atom is 0.254 e. The van der Waals surface area contributed by atoms with Crippen LogP contribution in [0.15, 0.2) is 64.2 Å². The van der Waals surface area contributed by atoms with Crippen LogP contribution >= 0.6 is 15.9 Å². The van der Waals surface area contributed by atoms with E-state index in [1.165, 1.54) is 6.21 Å². The van der Waals surface area contributed by atoms with Crippen LogP contribution in [0.2, 0.25) is 0 Å². The van der Waals surface area contributed by atoms with Crippen molar-refractivity contribution in [1.29, 1.82) is 0 Å². The Labute approximate surface area is 195 Å². The average Bonchev–Trinajstić information content (AvgIpc) is 3.47. The zero-order valence-electron chi connectivity index (χ0n) is 17.6. The molecule has 0 N–H and O–H groups in total. The molecule has 3 aliphatic rings. The van der Waals surface area contributed by atoms with Gasteiger partial charge in [-0.05, 0) is 66.6 Å². The second-order valence-electron chi connectivity index (χ2n) is 8.29. The highest BCUT2D eigenvalue weighted by molar-refractivity contribution is 9.10. The molecule has 4 atom stereocenters. The molecule has 1 saturated carbocycles. The topological polar surface area (TPSA) is 68.2 Å². The summed E-state index contributed by atoms with van der Waals surface area (Å²) in [6.07, 6.45) is 6.59.